The summed E-state index contributed by atoms with van der Waals surface area (Å²) in [6.07, 6.45) is 2.90. The molecule has 9 heteroatoms. The summed E-state index contributed by atoms with van der Waals surface area (Å²) in [6, 6.07) is 10.4. The summed E-state index contributed by atoms with van der Waals surface area (Å²) >= 11 is -2.74. The Morgan fingerprint density at radius 3 is 2.72 bits per heavy atom. The van der Waals surface area contributed by atoms with Gasteiger partial charge in [-0.05, 0) is 69.6 Å². The summed E-state index contributed by atoms with van der Waals surface area (Å²) in [7, 11) is 4.05. The van der Waals surface area contributed by atoms with Crippen LogP contribution >= 0.6 is 0 Å². The molecule has 172 valence electrons. The van der Waals surface area contributed by atoms with Gasteiger partial charge in [0.15, 0.2) is 0 Å². The van der Waals surface area contributed by atoms with E-state index in [1.54, 1.807) is 30.3 Å². The lowest BCUT2D eigenvalue weighted by Crippen LogP contribution is -2.24. The van der Waals surface area contributed by atoms with Crippen LogP contribution < -0.4 is 14.4 Å². The maximum absolute atomic E-state index is 12.4. The van der Waals surface area contributed by atoms with Crippen molar-refractivity contribution in [1.82, 2.24) is 4.90 Å². The molecule has 0 saturated heterocycles. The van der Waals surface area contributed by atoms with Gasteiger partial charge in [0.25, 0.3) is 0 Å². The summed E-state index contributed by atoms with van der Waals surface area (Å²) in [6.45, 7) is 2.11. The summed E-state index contributed by atoms with van der Waals surface area (Å²) < 4.78 is 31.6. The van der Waals surface area contributed by atoms with Crippen molar-refractivity contribution in [3.8, 4) is 5.75 Å². The minimum atomic E-state index is -2.74. The lowest BCUT2D eigenvalue weighted by Gasteiger charge is -2.31. The normalized spacial score (nSPS) is 19.5. The largest absolute Gasteiger partial charge is 0.755 e. The molecule has 0 bridgehead atoms. The fourth-order valence-corrected chi connectivity index (χ4v) is 4.91. The molecule has 1 aliphatic heterocycles. The minimum absolute atomic E-state index is 0.0746. The molecule has 8 nitrogen and oxygen atoms in total. The number of rotatable bonds is 10. The molecule has 1 aliphatic carbocycles. The fourth-order valence-electron chi connectivity index (χ4n) is 4.28. The number of unbranched alkanes of at least 4 members (excludes halogenated alkanes) is 1. The Morgan fingerprint density at radius 1 is 1.22 bits per heavy atom. The van der Waals surface area contributed by atoms with Crippen LogP contribution in [0.1, 0.15) is 41.1 Å². The number of hydrogen-bond acceptors (Lipinski definition) is 6. The second-order valence-corrected chi connectivity index (χ2v) is 9.36. The van der Waals surface area contributed by atoms with Crippen molar-refractivity contribution in [3.63, 3.8) is 0 Å². The SMILES string of the molecule is CN(C)CCCCNc1ccccc1N(c1ccc2c(c1C(=O)O)OC[C@@H]1C[C@H]21)S(=O)[O-]. The van der Waals surface area contributed by atoms with E-state index in [1.807, 2.05) is 20.2 Å². The lowest BCUT2D eigenvalue weighted by atomic mass is 10.00. The lowest BCUT2D eigenvalue weighted by molar-refractivity contribution is 0.0692. The van der Waals surface area contributed by atoms with Crippen molar-refractivity contribution in [1.29, 1.82) is 0 Å². The molecule has 4 rings (SSSR count). The predicted molar refractivity (Wildman–Crippen MR) is 124 cm³/mol. The topological polar surface area (TPSA) is 105 Å². The third kappa shape index (κ3) is 4.60. The van der Waals surface area contributed by atoms with Gasteiger partial charge in [-0.2, -0.15) is 0 Å². The van der Waals surface area contributed by atoms with E-state index in [4.69, 9.17) is 4.74 Å². The first-order valence-corrected chi connectivity index (χ1v) is 11.8. The highest BCUT2D eigenvalue weighted by molar-refractivity contribution is 7.81. The number of aromatic carboxylic acids is 1. The van der Waals surface area contributed by atoms with Crippen molar-refractivity contribution in [3.05, 3.63) is 47.5 Å². The van der Waals surface area contributed by atoms with Crippen LogP contribution in [-0.4, -0.2) is 58.5 Å². The van der Waals surface area contributed by atoms with Gasteiger partial charge >= 0.3 is 5.97 Å². The maximum Gasteiger partial charge on any atom is 0.341 e. The van der Waals surface area contributed by atoms with E-state index < -0.39 is 17.2 Å². The first-order chi connectivity index (χ1) is 15.4. The molecule has 3 atom stereocenters. The van der Waals surface area contributed by atoms with Gasteiger partial charge in [-0.1, -0.05) is 18.2 Å². The quantitative estimate of drug-likeness (QED) is 0.414. The number of carbonyl (C=O) groups is 1. The first-order valence-electron chi connectivity index (χ1n) is 10.8. The van der Waals surface area contributed by atoms with E-state index in [9.17, 15) is 18.7 Å². The molecule has 2 N–H and O–H groups in total. The summed E-state index contributed by atoms with van der Waals surface area (Å²) in [5, 5.41) is 13.3. The second-order valence-electron chi connectivity index (χ2n) is 8.56. The number of benzene rings is 2. The molecule has 2 aromatic rings. The zero-order valence-electron chi connectivity index (χ0n) is 18.2. The number of hydrogen-bond donors (Lipinski definition) is 2. The maximum atomic E-state index is 12.4. The molecular weight excluding hydrogens is 430 g/mol. The van der Waals surface area contributed by atoms with Gasteiger partial charge in [-0.15, -0.1) is 0 Å². The third-order valence-electron chi connectivity index (χ3n) is 5.98. The highest BCUT2D eigenvalue weighted by Crippen LogP contribution is 2.56. The summed E-state index contributed by atoms with van der Waals surface area (Å²) in [4.78, 5) is 14.3. The van der Waals surface area contributed by atoms with Crippen molar-refractivity contribution in [2.45, 2.75) is 25.2 Å². The Labute approximate surface area is 190 Å². The molecule has 2 aromatic carbocycles. The Bertz CT molecular complexity index is 1030. The van der Waals surface area contributed by atoms with Crippen LogP contribution in [0.4, 0.5) is 17.1 Å². The Balaban J connectivity index is 1.67. The van der Waals surface area contributed by atoms with E-state index in [2.05, 4.69) is 10.2 Å². The van der Waals surface area contributed by atoms with E-state index in [0.29, 0.717) is 42.1 Å². The van der Waals surface area contributed by atoms with Gasteiger partial charge in [0.1, 0.15) is 11.3 Å². The number of nitrogens with one attached hydrogen (secondary N) is 1. The number of carboxylic acid groups (broad SMARTS) is 1. The van der Waals surface area contributed by atoms with Crippen LogP contribution in [0.3, 0.4) is 0 Å². The van der Waals surface area contributed by atoms with E-state index >= 15 is 0 Å². The summed E-state index contributed by atoms with van der Waals surface area (Å²) in [5.74, 6) is -0.191. The molecule has 2 aliphatic rings. The van der Waals surface area contributed by atoms with Crippen molar-refractivity contribution in [2.24, 2.45) is 5.92 Å². The van der Waals surface area contributed by atoms with Gasteiger partial charge in [0, 0.05) is 12.5 Å². The van der Waals surface area contributed by atoms with E-state index in [1.165, 1.54) is 0 Å². The second kappa shape index (κ2) is 9.48. The molecule has 0 radical (unpaired) electrons. The third-order valence-corrected chi connectivity index (χ3v) is 6.67. The van der Waals surface area contributed by atoms with Gasteiger partial charge in [-0.25, -0.2) is 4.79 Å². The molecule has 0 aromatic heterocycles. The zero-order valence-corrected chi connectivity index (χ0v) is 19.1. The number of ether oxygens (including phenoxy) is 1. The fraction of sp³-hybridized carbons (Fsp3) is 0.435. The van der Waals surface area contributed by atoms with Gasteiger partial charge in [-0.3, -0.25) is 8.51 Å². The molecule has 1 fully saturated rings. The molecule has 0 spiro atoms. The number of nitrogens with zero attached hydrogens (tertiary/aromatic N) is 2. The van der Waals surface area contributed by atoms with Crippen LogP contribution in [-0.2, 0) is 11.3 Å². The van der Waals surface area contributed by atoms with Crippen molar-refractivity contribution in [2.75, 3.05) is 43.4 Å². The first kappa shape index (κ1) is 22.6. The molecule has 1 unspecified atom stereocenters. The van der Waals surface area contributed by atoms with Crippen molar-refractivity contribution >= 4 is 34.3 Å². The number of carboxylic acids is 1. The van der Waals surface area contributed by atoms with Crippen LogP contribution in [0, 0.1) is 5.92 Å². The van der Waals surface area contributed by atoms with Crippen LogP contribution in [0.15, 0.2) is 36.4 Å². The van der Waals surface area contributed by atoms with Crippen molar-refractivity contribution < 1.29 is 23.4 Å². The van der Waals surface area contributed by atoms with E-state index in [-0.39, 0.29) is 11.3 Å². The number of para-hydroxylation sites is 2. The molecular formula is C23H28N3O5S-. The van der Waals surface area contributed by atoms with Gasteiger partial charge < -0.3 is 24.6 Å². The van der Waals surface area contributed by atoms with Crippen LogP contribution in [0.5, 0.6) is 5.75 Å². The highest BCUT2D eigenvalue weighted by Gasteiger charge is 2.45. The van der Waals surface area contributed by atoms with E-state index in [0.717, 1.165) is 35.7 Å². The molecule has 32 heavy (non-hydrogen) atoms. The van der Waals surface area contributed by atoms with Gasteiger partial charge in [0.2, 0.25) is 0 Å². The predicted octanol–water partition coefficient (Wildman–Crippen LogP) is 3.57. The van der Waals surface area contributed by atoms with Gasteiger partial charge in [0.05, 0.1) is 34.9 Å². The zero-order chi connectivity index (χ0) is 22.8. The average molecular weight is 459 g/mol. The molecule has 0 amide bonds. The minimum Gasteiger partial charge on any atom is -0.755 e. The molecule has 1 heterocycles. The van der Waals surface area contributed by atoms with Crippen LogP contribution in [0.25, 0.3) is 0 Å². The number of anilines is 3. The average Bonchev–Trinajstić information content (AvgIpc) is 3.54. The number of fused-ring (bicyclic) bond motifs is 3. The standard InChI is InChI=1S/C23H29N3O5S/c1-25(2)12-6-5-11-24-18-7-3-4-8-19(18)26(32(29)30)20-10-9-16-17-13-15(17)14-31-22(16)21(20)23(27)28/h3-4,7-10,15,17,24H,5-6,11-14H2,1-2H3,(H,27,28)(H,29,30)/p-1/t15-,17-/m0/s1. The van der Waals surface area contributed by atoms with Crippen LogP contribution in [0.2, 0.25) is 0 Å². The monoisotopic (exact) mass is 458 g/mol. The highest BCUT2D eigenvalue weighted by atomic mass is 32.2. The summed E-state index contributed by atoms with van der Waals surface area (Å²) in [5.41, 5.74) is 1.81. The Hall–Kier alpha value is -2.62. The smallest absolute Gasteiger partial charge is 0.341 e. The molecule has 1 saturated carbocycles. The Kier molecular flexibility index (Phi) is 6.68. The Morgan fingerprint density at radius 2 is 2.00 bits per heavy atom.